The molecule has 2 atom stereocenters. The Hall–Kier alpha value is -1.55. The van der Waals surface area contributed by atoms with E-state index in [0.29, 0.717) is 17.3 Å². The lowest BCUT2D eigenvalue weighted by Crippen LogP contribution is -2.41. The molecule has 2 aliphatic heterocycles. The second-order valence-electron chi connectivity index (χ2n) is 7.93. The zero-order valence-corrected chi connectivity index (χ0v) is 16.0. The molecule has 2 fully saturated rings. The van der Waals surface area contributed by atoms with Gasteiger partial charge in [0.05, 0.1) is 6.61 Å². The highest BCUT2D eigenvalue weighted by Crippen LogP contribution is 2.38. The molecule has 3 rings (SSSR count). The quantitative estimate of drug-likeness (QED) is 0.657. The zero-order chi connectivity index (χ0) is 17.7. The molecule has 2 unspecified atom stereocenters. The normalized spacial score (nSPS) is 25.1. The molecular formula is C21H33N3O. The van der Waals surface area contributed by atoms with Gasteiger partial charge in [0.1, 0.15) is 0 Å². The SMILES string of the molecule is CCNC(=NCC(c1ccccc1)C(C)C)N1CCC2(CCOC2)C1. The molecule has 1 aromatic carbocycles. The minimum atomic E-state index is 0.368. The minimum absolute atomic E-state index is 0.368. The van der Waals surface area contributed by atoms with Crippen molar-refractivity contribution >= 4 is 5.96 Å². The molecule has 2 aliphatic rings. The Balaban J connectivity index is 1.71. The van der Waals surface area contributed by atoms with Crippen LogP contribution in [0.2, 0.25) is 0 Å². The fourth-order valence-corrected chi connectivity index (χ4v) is 4.10. The molecule has 1 aromatic rings. The lowest BCUT2D eigenvalue weighted by Gasteiger charge is -2.26. The van der Waals surface area contributed by atoms with E-state index >= 15 is 0 Å². The van der Waals surface area contributed by atoms with E-state index in [-0.39, 0.29) is 0 Å². The van der Waals surface area contributed by atoms with Gasteiger partial charge < -0.3 is 15.0 Å². The van der Waals surface area contributed by atoms with Crippen LogP contribution in [0.1, 0.15) is 45.1 Å². The molecule has 4 nitrogen and oxygen atoms in total. The van der Waals surface area contributed by atoms with Crippen molar-refractivity contribution in [2.24, 2.45) is 16.3 Å². The first-order valence-corrected chi connectivity index (χ1v) is 9.79. The summed E-state index contributed by atoms with van der Waals surface area (Å²) in [6.07, 6.45) is 2.42. The summed E-state index contributed by atoms with van der Waals surface area (Å²) in [7, 11) is 0. The number of rotatable bonds is 5. The van der Waals surface area contributed by atoms with Crippen LogP contribution >= 0.6 is 0 Å². The Morgan fingerprint density at radius 2 is 2.08 bits per heavy atom. The number of benzene rings is 1. The van der Waals surface area contributed by atoms with Crippen molar-refractivity contribution in [3.05, 3.63) is 35.9 Å². The van der Waals surface area contributed by atoms with Crippen molar-refractivity contribution in [2.75, 3.05) is 39.4 Å². The molecule has 138 valence electrons. The molecule has 0 aliphatic carbocycles. The number of hydrogen-bond acceptors (Lipinski definition) is 2. The molecule has 2 heterocycles. The molecule has 0 radical (unpaired) electrons. The fraction of sp³-hybridized carbons (Fsp3) is 0.667. The highest BCUT2D eigenvalue weighted by molar-refractivity contribution is 5.80. The second kappa shape index (κ2) is 8.22. The van der Waals surface area contributed by atoms with Crippen molar-refractivity contribution in [1.29, 1.82) is 0 Å². The lowest BCUT2D eigenvalue weighted by molar-refractivity contribution is 0.156. The number of nitrogens with zero attached hydrogens (tertiary/aromatic N) is 2. The van der Waals surface area contributed by atoms with Crippen LogP contribution in [0, 0.1) is 11.3 Å². The van der Waals surface area contributed by atoms with Crippen molar-refractivity contribution < 1.29 is 4.74 Å². The van der Waals surface area contributed by atoms with Gasteiger partial charge in [0.25, 0.3) is 0 Å². The van der Waals surface area contributed by atoms with E-state index in [4.69, 9.17) is 9.73 Å². The Labute approximate surface area is 152 Å². The van der Waals surface area contributed by atoms with Gasteiger partial charge in [-0.15, -0.1) is 0 Å². The average molecular weight is 344 g/mol. The van der Waals surface area contributed by atoms with E-state index in [1.165, 1.54) is 18.4 Å². The van der Waals surface area contributed by atoms with Crippen molar-refractivity contribution in [3.63, 3.8) is 0 Å². The highest BCUT2D eigenvalue weighted by Gasteiger charge is 2.42. The summed E-state index contributed by atoms with van der Waals surface area (Å²) in [5.74, 6) is 2.11. The second-order valence-corrected chi connectivity index (χ2v) is 7.93. The van der Waals surface area contributed by atoms with Gasteiger partial charge in [-0.05, 0) is 31.2 Å². The molecule has 1 N–H and O–H groups in total. The first-order valence-electron chi connectivity index (χ1n) is 9.79. The third-order valence-electron chi connectivity index (χ3n) is 5.73. The Bertz CT molecular complexity index is 564. The van der Waals surface area contributed by atoms with E-state index < -0.39 is 0 Å². The summed E-state index contributed by atoms with van der Waals surface area (Å²) < 4.78 is 5.67. The maximum atomic E-state index is 5.67. The summed E-state index contributed by atoms with van der Waals surface area (Å²) in [6, 6.07) is 10.8. The lowest BCUT2D eigenvalue weighted by atomic mass is 9.87. The largest absolute Gasteiger partial charge is 0.381 e. The Kier molecular flexibility index (Phi) is 6.00. The van der Waals surface area contributed by atoms with Crippen molar-refractivity contribution in [1.82, 2.24) is 10.2 Å². The fourth-order valence-electron chi connectivity index (χ4n) is 4.10. The molecule has 2 saturated heterocycles. The Morgan fingerprint density at radius 1 is 1.28 bits per heavy atom. The van der Waals surface area contributed by atoms with Crippen LogP contribution in [0.15, 0.2) is 35.3 Å². The molecule has 0 aromatic heterocycles. The summed E-state index contributed by atoms with van der Waals surface area (Å²) in [5, 5.41) is 3.51. The zero-order valence-electron chi connectivity index (χ0n) is 16.0. The third kappa shape index (κ3) is 4.35. The van der Waals surface area contributed by atoms with Gasteiger partial charge in [0, 0.05) is 44.1 Å². The highest BCUT2D eigenvalue weighted by atomic mass is 16.5. The van der Waals surface area contributed by atoms with Gasteiger partial charge in [0.2, 0.25) is 0 Å². The summed E-state index contributed by atoms with van der Waals surface area (Å²) in [4.78, 5) is 7.48. The number of likely N-dealkylation sites (tertiary alicyclic amines) is 1. The van der Waals surface area contributed by atoms with Crippen LogP contribution in [0.4, 0.5) is 0 Å². The van der Waals surface area contributed by atoms with Crippen LogP contribution in [-0.2, 0) is 4.74 Å². The smallest absolute Gasteiger partial charge is 0.193 e. The minimum Gasteiger partial charge on any atom is -0.381 e. The summed E-state index contributed by atoms with van der Waals surface area (Å²) >= 11 is 0. The number of guanidine groups is 1. The predicted octanol–water partition coefficient (Wildman–Crippen LogP) is 3.50. The molecular weight excluding hydrogens is 310 g/mol. The molecule has 4 heteroatoms. The van der Waals surface area contributed by atoms with E-state index in [0.717, 1.165) is 45.4 Å². The number of aliphatic imine (C=N–C) groups is 1. The van der Waals surface area contributed by atoms with Crippen LogP contribution < -0.4 is 5.32 Å². The third-order valence-corrected chi connectivity index (χ3v) is 5.73. The number of nitrogens with one attached hydrogen (secondary N) is 1. The standard InChI is InChI=1S/C21H33N3O/c1-4-22-20(24-12-10-21(15-24)11-13-25-16-21)23-14-19(17(2)3)18-8-6-5-7-9-18/h5-9,17,19H,4,10-16H2,1-3H3,(H,22,23). The van der Waals surface area contributed by atoms with Gasteiger partial charge in [-0.3, -0.25) is 4.99 Å². The molecule has 0 saturated carbocycles. The van der Waals surface area contributed by atoms with E-state index in [9.17, 15) is 0 Å². The predicted molar refractivity (Wildman–Crippen MR) is 104 cm³/mol. The monoisotopic (exact) mass is 343 g/mol. The number of ether oxygens (including phenoxy) is 1. The Morgan fingerprint density at radius 3 is 2.72 bits per heavy atom. The van der Waals surface area contributed by atoms with Crippen LogP contribution in [0.25, 0.3) is 0 Å². The molecule has 25 heavy (non-hydrogen) atoms. The van der Waals surface area contributed by atoms with Crippen LogP contribution in [0.5, 0.6) is 0 Å². The first kappa shape index (κ1) is 18.2. The van der Waals surface area contributed by atoms with Gasteiger partial charge >= 0.3 is 0 Å². The maximum Gasteiger partial charge on any atom is 0.193 e. The summed E-state index contributed by atoms with van der Waals surface area (Å²) in [5.41, 5.74) is 1.76. The molecule has 0 bridgehead atoms. The first-order chi connectivity index (χ1) is 12.1. The topological polar surface area (TPSA) is 36.9 Å². The van der Waals surface area contributed by atoms with Crippen LogP contribution in [0.3, 0.4) is 0 Å². The number of hydrogen-bond donors (Lipinski definition) is 1. The van der Waals surface area contributed by atoms with Crippen molar-refractivity contribution in [2.45, 2.75) is 39.5 Å². The molecule has 0 amide bonds. The average Bonchev–Trinajstić information content (AvgIpc) is 3.25. The van der Waals surface area contributed by atoms with Crippen molar-refractivity contribution in [3.8, 4) is 0 Å². The van der Waals surface area contributed by atoms with Gasteiger partial charge in [-0.1, -0.05) is 44.2 Å². The van der Waals surface area contributed by atoms with Gasteiger partial charge in [0.15, 0.2) is 5.96 Å². The van der Waals surface area contributed by atoms with E-state index in [1.54, 1.807) is 0 Å². The van der Waals surface area contributed by atoms with E-state index in [1.807, 2.05) is 0 Å². The van der Waals surface area contributed by atoms with E-state index in [2.05, 4.69) is 61.3 Å². The maximum absolute atomic E-state index is 5.67. The molecule has 1 spiro atoms. The van der Waals surface area contributed by atoms with Crippen LogP contribution in [-0.4, -0.2) is 50.3 Å². The summed E-state index contributed by atoms with van der Waals surface area (Å²) in [6.45, 7) is 12.5. The van der Waals surface area contributed by atoms with Gasteiger partial charge in [-0.2, -0.15) is 0 Å². The van der Waals surface area contributed by atoms with Gasteiger partial charge in [-0.25, -0.2) is 0 Å².